The Morgan fingerprint density at radius 3 is 2.83 bits per heavy atom. The van der Waals surface area contributed by atoms with Crippen LogP contribution in [0.15, 0.2) is 30.4 Å². The first-order valence-electron chi connectivity index (χ1n) is 11.8. The van der Waals surface area contributed by atoms with Crippen molar-refractivity contribution in [1.82, 2.24) is 0 Å². The Labute approximate surface area is 208 Å². The average Bonchev–Trinajstić information content (AvgIpc) is 2.98. The monoisotopic (exact) mass is 514 g/mol. The third kappa shape index (κ3) is 7.47. The maximum absolute atomic E-state index is 13.8. The molecule has 194 valence electrons. The van der Waals surface area contributed by atoms with Gasteiger partial charge in [0.15, 0.2) is 17.3 Å². The molecule has 1 saturated carbocycles. The first-order chi connectivity index (χ1) is 16.7. The fraction of sp³-hybridized carbons (Fsp3) is 0.600. The van der Waals surface area contributed by atoms with E-state index in [9.17, 15) is 29.3 Å². The molecule has 3 rings (SSSR count). The normalized spacial score (nSPS) is 28.3. The van der Waals surface area contributed by atoms with Gasteiger partial charge in [0.25, 0.3) is 0 Å². The highest BCUT2D eigenvalue weighted by molar-refractivity contribution is 6.30. The minimum Gasteiger partial charge on any atom is -0.487 e. The molecule has 1 aromatic carbocycles. The summed E-state index contributed by atoms with van der Waals surface area (Å²) in [5, 5.41) is 30.4. The summed E-state index contributed by atoms with van der Waals surface area (Å²) >= 11 is 5.84. The fourth-order valence-corrected chi connectivity index (χ4v) is 4.80. The number of ether oxygens (including phenoxy) is 3. The van der Waals surface area contributed by atoms with Gasteiger partial charge in [0, 0.05) is 35.8 Å². The third-order valence-corrected chi connectivity index (χ3v) is 6.80. The highest BCUT2D eigenvalue weighted by Crippen LogP contribution is 2.41. The molecule has 1 unspecified atom stereocenters. The van der Waals surface area contributed by atoms with Crippen LogP contribution in [0.3, 0.4) is 0 Å². The molecule has 2 fully saturated rings. The predicted octanol–water partition coefficient (Wildman–Crippen LogP) is 3.02. The number of ketones is 1. The van der Waals surface area contributed by atoms with E-state index in [4.69, 9.17) is 25.8 Å². The summed E-state index contributed by atoms with van der Waals surface area (Å²) in [6.07, 6.45) is 1.91. The number of carboxylic acids is 1. The molecule has 7 atom stereocenters. The molecular formula is C25H32ClFO8. The molecule has 0 amide bonds. The SMILES string of the molecule is CCC(=O)C(OC[C@@H]1CC[C@@H]2[C@@H](/C=C/[C@@H](O)COc3cc(Cl)ccc3F)[C@H](O)C[C@@H]2OC1)C(=O)O. The van der Waals surface area contributed by atoms with E-state index in [0.717, 1.165) is 0 Å². The molecule has 10 heteroatoms. The van der Waals surface area contributed by atoms with Gasteiger partial charge >= 0.3 is 5.97 Å². The maximum Gasteiger partial charge on any atom is 0.340 e. The Morgan fingerprint density at radius 1 is 1.34 bits per heavy atom. The van der Waals surface area contributed by atoms with Crippen molar-refractivity contribution in [3.05, 3.63) is 41.2 Å². The lowest BCUT2D eigenvalue weighted by Crippen LogP contribution is -2.34. The summed E-state index contributed by atoms with van der Waals surface area (Å²) in [6.45, 7) is 1.86. The van der Waals surface area contributed by atoms with E-state index >= 15 is 0 Å². The lowest BCUT2D eigenvalue weighted by Gasteiger charge is -2.21. The number of carbonyl (C=O) groups excluding carboxylic acids is 1. The molecule has 1 aromatic rings. The minimum absolute atomic E-state index is 0.0114. The minimum atomic E-state index is -1.47. The summed E-state index contributed by atoms with van der Waals surface area (Å²) < 4.78 is 30.5. The van der Waals surface area contributed by atoms with Crippen LogP contribution in [0.25, 0.3) is 0 Å². The number of benzene rings is 1. The molecule has 1 aliphatic carbocycles. The molecule has 1 heterocycles. The third-order valence-electron chi connectivity index (χ3n) is 6.57. The fourth-order valence-electron chi connectivity index (χ4n) is 4.64. The predicted molar refractivity (Wildman–Crippen MR) is 125 cm³/mol. The van der Waals surface area contributed by atoms with Gasteiger partial charge in [0.1, 0.15) is 12.7 Å². The molecule has 1 saturated heterocycles. The second-order valence-electron chi connectivity index (χ2n) is 9.07. The summed E-state index contributed by atoms with van der Waals surface area (Å²) in [4.78, 5) is 23.1. The standard InChI is InChI=1S/C25H32ClFO8/c1-2-20(29)24(25(31)32)35-12-14-3-6-18-17(21(30)10-22(18)33-11-14)7-5-16(28)13-34-23-9-15(26)4-8-19(23)27/h4-5,7-9,14,16-18,21-22,24,28,30H,2-3,6,10-13H2,1H3,(H,31,32)/b7-5+/t14-,16-,17-,18-,21-,22+,24?/m1/s1. The summed E-state index contributed by atoms with van der Waals surface area (Å²) in [5.74, 6) is -2.71. The van der Waals surface area contributed by atoms with Crippen LogP contribution in [-0.4, -0.2) is 71.3 Å². The first-order valence-corrected chi connectivity index (χ1v) is 12.2. The van der Waals surface area contributed by atoms with E-state index in [2.05, 4.69) is 0 Å². The molecular weight excluding hydrogens is 483 g/mol. The van der Waals surface area contributed by atoms with Crippen LogP contribution in [0.4, 0.5) is 4.39 Å². The Morgan fingerprint density at radius 2 is 2.11 bits per heavy atom. The number of Topliss-reactive ketones (excluding diaryl/α,β-unsaturated/α-hetero) is 1. The number of carbonyl (C=O) groups is 2. The van der Waals surface area contributed by atoms with Crippen molar-refractivity contribution < 1.29 is 43.5 Å². The second-order valence-corrected chi connectivity index (χ2v) is 9.51. The molecule has 0 aromatic heterocycles. The summed E-state index contributed by atoms with van der Waals surface area (Å²) in [7, 11) is 0. The van der Waals surface area contributed by atoms with Crippen molar-refractivity contribution >= 4 is 23.4 Å². The number of aliphatic hydroxyl groups is 2. The van der Waals surface area contributed by atoms with Gasteiger partial charge in [-0.3, -0.25) is 4.79 Å². The van der Waals surface area contributed by atoms with Gasteiger partial charge in [-0.2, -0.15) is 0 Å². The van der Waals surface area contributed by atoms with Crippen LogP contribution >= 0.6 is 11.6 Å². The van der Waals surface area contributed by atoms with Gasteiger partial charge < -0.3 is 29.5 Å². The highest BCUT2D eigenvalue weighted by atomic mass is 35.5. The van der Waals surface area contributed by atoms with E-state index < -0.39 is 35.9 Å². The maximum atomic E-state index is 13.8. The summed E-state index contributed by atoms with van der Waals surface area (Å²) in [6, 6.07) is 3.92. The molecule has 8 nitrogen and oxygen atoms in total. The summed E-state index contributed by atoms with van der Waals surface area (Å²) in [5.41, 5.74) is 0. The molecule has 3 N–H and O–H groups in total. The van der Waals surface area contributed by atoms with Crippen molar-refractivity contribution in [2.45, 2.75) is 57.0 Å². The van der Waals surface area contributed by atoms with Crippen molar-refractivity contribution in [1.29, 1.82) is 0 Å². The number of aliphatic hydroxyl groups excluding tert-OH is 2. The Balaban J connectivity index is 1.53. The average molecular weight is 515 g/mol. The number of fused-ring (bicyclic) bond motifs is 1. The Bertz CT molecular complexity index is 909. The highest BCUT2D eigenvalue weighted by Gasteiger charge is 2.43. The van der Waals surface area contributed by atoms with Gasteiger partial charge in [-0.15, -0.1) is 0 Å². The molecule has 1 aliphatic heterocycles. The molecule has 2 aliphatic rings. The number of hydrogen-bond acceptors (Lipinski definition) is 7. The van der Waals surface area contributed by atoms with E-state index in [1.165, 1.54) is 24.3 Å². The smallest absolute Gasteiger partial charge is 0.340 e. The second kappa shape index (κ2) is 12.8. The lowest BCUT2D eigenvalue weighted by atomic mass is 9.87. The van der Waals surface area contributed by atoms with Crippen molar-refractivity contribution in [3.63, 3.8) is 0 Å². The van der Waals surface area contributed by atoms with Crippen LogP contribution in [0, 0.1) is 23.6 Å². The number of rotatable bonds is 11. The Hall–Kier alpha value is -2.04. The van der Waals surface area contributed by atoms with E-state index in [-0.39, 0.29) is 49.2 Å². The largest absolute Gasteiger partial charge is 0.487 e. The van der Waals surface area contributed by atoms with Crippen LogP contribution in [0.1, 0.15) is 32.6 Å². The molecule has 0 radical (unpaired) electrons. The van der Waals surface area contributed by atoms with Crippen LogP contribution in [0.5, 0.6) is 5.75 Å². The van der Waals surface area contributed by atoms with Crippen LogP contribution in [-0.2, 0) is 19.1 Å². The number of carboxylic acid groups (broad SMARTS) is 1. The van der Waals surface area contributed by atoms with Crippen molar-refractivity contribution in [2.24, 2.45) is 17.8 Å². The van der Waals surface area contributed by atoms with Crippen molar-refractivity contribution in [3.8, 4) is 5.75 Å². The zero-order valence-corrected chi connectivity index (χ0v) is 20.3. The molecule has 35 heavy (non-hydrogen) atoms. The zero-order chi connectivity index (χ0) is 25.5. The zero-order valence-electron chi connectivity index (χ0n) is 19.5. The van der Waals surface area contributed by atoms with E-state index in [1.54, 1.807) is 13.0 Å². The van der Waals surface area contributed by atoms with Gasteiger partial charge in [0.05, 0.1) is 25.4 Å². The molecule has 0 bridgehead atoms. The number of aliphatic carboxylic acids is 1. The van der Waals surface area contributed by atoms with Gasteiger partial charge in [-0.05, 0) is 30.9 Å². The van der Waals surface area contributed by atoms with Crippen LogP contribution < -0.4 is 4.74 Å². The quantitative estimate of drug-likeness (QED) is 0.304. The number of hydrogen-bond donors (Lipinski definition) is 3. The number of halogens is 2. The first kappa shape index (κ1) is 27.5. The van der Waals surface area contributed by atoms with Crippen LogP contribution in [0.2, 0.25) is 5.02 Å². The lowest BCUT2D eigenvalue weighted by molar-refractivity contribution is -0.157. The topological polar surface area (TPSA) is 123 Å². The van der Waals surface area contributed by atoms with Gasteiger partial charge in [-0.1, -0.05) is 30.7 Å². The Kier molecular flexibility index (Phi) is 10.1. The van der Waals surface area contributed by atoms with Gasteiger partial charge in [0.2, 0.25) is 6.10 Å². The van der Waals surface area contributed by atoms with Crippen molar-refractivity contribution in [2.75, 3.05) is 19.8 Å². The van der Waals surface area contributed by atoms with E-state index in [1.807, 2.05) is 0 Å². The van der Waals surface area contributed by atoms with E-state index in [0.29, 0.717) is 30.9 Å². The molecule has 0 spiro atoms. The van der Waals surface area contributed by atoms with Gasteiger partial charge in [-0.25, -0.2) is 9.18 Å².